The van der Waals surface area contributed by atoms with Gasteiger partial charge < -0.3 is 14.2 Å². The fourth-order valence-electron chi connectivity index (χ4n) is 3.74. The molecule has 8 nitrogen and oxygen atoms in total. The van der Waals surface area contributed by atoms with Gasteiger partial charge in [-0.1, -0.05) is 11.2 Å². The van der Waals surface area contributed by atoms with Gasteiger partial charge in [0.25, 0.3) is 5.91 Å². The first kappa shape index (κ1) is 21.4. The fraction of sp³-hybridized carbons (Fsp3) is 0.400. The predicted molar refractivity (Wildman–Crippen MR) is 107 cm³/mol. The highest BCUT2D eigenvalue weighted by atomic mass is 32.2. The summed E-state index contributed by atoms with van der Waals surface area (Å²) in [6, 6.07) is 6.04. The molecule has 2 aromatic rings. The quantitative estimate of drug-likeness (QED) is 0.691. The monoisotopic (exact) mass is 453 g/mol. The number of nitrogens with zero attached hydrogens (tertiary/aromatic N) is 3. The van der Waals surface area contributed by atoms with Crippen molar-refractivity contribution < 1.29 is 31.3 Å². The second-order valence-electron chi connectivity index (χ2n) is 7.38. The van der Waals surface area contributed by atoms with E-state index in [1.54, 1.807) is 30.0 Å². The van der Waals surface area contributed by atoms with Crippen LogP contribution in [0, 0.1) is 6.92 Å². The topological polar surface area (TPSA) is 93.0 Å². The van der Waals surface area contributed by atoms with E-state index >= 15 is 0 Å². The van der Waals surface area contributed by atoms with Gasteiger partial charge in [0.05, 0.1) is 10.6 Å². The second-order valence-corrected chi connectivity index (χ2v) is 9.37. The number of aromatic nitrogens is 1. The van der Waals surface area contributed by atoms with Crippen LogP contribution in [0.15, 0.2) is 33.7 Å². The Kier molecular flexibility index (Phi) is 5.80. The molecule has 1 aliphatic carbocycles. The Morgan fingerprint density at radius 1 is 1.16 bits per heavy atom. The maximum atomic E-state index is 13.1. The number of aryl methyl sites for hydroxylation is 2. The van der Waals surface area contributed by atoms with Crippen molar-refractivity contribution in [1.29, 1.82) is 0 Å². The number of rotatable bonds is 5. The number of ether oxygens (including phenoxy) is 1. The number of piperazine rings is 1. The van der Waals surface area contributed by atoms with Gasteiger partial charge in [0.15, 0.2) is 0 Å². The highest BCUT2D eigenvalue weighted by molar-refractivity contribution is 7.93. The molecule has 0 saturated carbocycles. The molecule has 11 heteroatoms. The van der Waals surface area contributed by atoms with Crippen LogP contribution in [0.2, 0.25) is 0 Å². The molecule has 2 aliphatic rings. The molecule has 0 atom stereocenters. The third-order valence-corrected chi connectivity index (χ3v) is 7.36. The lowest BCUT2D eigenvalue weighted by atomic mass is 9.97. The average Bonchev–Trinajstić information content (AvgIpc) is 3.18. The minimum atomic E-state index is -3.70. The Bertz CT molecular complexity index is 1120. The molecule has 31 heavy (non-hydrogen) atoms. The Hall–Kier alpha value is -2.79. The Labute approximate surface area is 178 Å². The molecule has 1 fully saturated rings. The molecular formula is C20H21F2N3O5S. The number of fused-ring (bicyclic) bond motifs is 1. The van der Waals surface area contributed by atoms with E-state index in [2.05, 4.69) is 9.89 Å². The number of allylic oxidation sites excluding steroid dienone is 1. The number of hydrogen-bond acceptors (Lipinski definition) is 6. The molecule has 2 heterocycles. The molecule has 0 spiro atoms. The smallest absolute Gasteiger partial charge is 0.387 e. The molecule has 0 radical (unpaired) electrons. The summed E-state index contributed by atoms with van der Waals surface area (Å²) in [4.78, 5) is 14.3. The summed E-state index contributed by atoms with van der Waals surface area (Å²) in [5, 5.41) is 3.70. The second kappa shape index (κ2) is 8.39. The first-order chi connectivity index (χ1) is 14.7. The van der Waals surface area contributed by atoms with Crippen LogP contribution < -0.4 is 4.74 Å². The third kappa shape index (κ3) is 4.47. The molecule has 1 saturated heterocycles. The van der Waals surface area contributed by atoms with Crippen LogP contribution in [-0.2, 0) is 16.4 Å². The number of hydrogen-bond donors (Lipinski definition) is 0. The number of benzene rings is 1. The Morgan fingerprint density at radius 3 is 2.55 bits per heavy atom. The molecule has 1 aromatic carbocycles. The van der Waals surface area contributed by atoms with Crippen molar-refractivity contribution in [1.82, 2.24) is 14.4 Å². The SMILES string of the molecule is Cc1cc(C(=O)N2CCN(S(=O)(=O)C3=Cc4ccc(OC(F)F)cc4CC3)CC2)on1. The normalized spacial score (nSPS) is 17.4. The van der Waals surface area contributed by atoms with Crippen molar-refractivity contribution in [3.05, 3.63) is 51.8 Å². The van der Waals surface area contributed by atoms with Gasteiger partial charge in [0.1, 0.15) is 5.75 Å². The number of carbonyl (C=O) groups excluding carboxylic acids is 1. The minimum Gasteiger partial charge on any atom is -0.435 e. The van der Waals surface area contributed by atoms with Gasteiger partial charge in [-0.05, 0) is 49.1 Å². The highest BCUT2D eigenvalue weighted by Crippen LogP contribution is 2.32. The Balaban J connectivity index is 1.44. The summed E-state index contributed by atoms with van der Waals surface area (Å²) in [5.41, 5.74) is 2.03. The maximum Gasteiger partial charge on any atom is 0.387 e. The van der Waals surface area contributed by atoms with Crippen molar-refractivity contribution in [2.75, 3.05) is 26.2 Å². The van der Waals surface area contributed by atoms with Gasteiger partial charge >= 0.3 is 6.61 Å². The number of sulfonamides is 1. The molecule has 0 bridgehead atoms. The molecule has 0 N–H and O–H groups in total. The van der Waals surface area contributed by atoms with E-state index in [0.29, 0.717) is 17.7 Å². The predicted octanol–water partition coefficient (Wildman–Crippen LogP) is 2.66. The van der Waals surface area contributed by atoms with Crippen LogP contribution in [0.4, 0.5) is 8.78 Å². The van der Waals surface area contributed by atoms with Gasteiger partial charge in [-0.3, -0.25) is 4.79 Å². The summed E-state index contributed by atoms with van der Waals surface area (Å²) < 4.78 is 61.8. The third-order valence-electron chi connectivity index (χ3n) is 5.33. The number of carbonyl (C=O) groups is 1. The van der Waals surface area contributed by atoms with Gasteiger partial charge in [-0.15, -0.1) is 0 Å². The van der Waals surface area contributed by atoms with Crippen molar-refractivity contribution in [2.45, 2.75) is 26.4 Å². The molecule has 1 aliphatic heterocycles. The Morgan fingerprint density at radius 2 is 1.90 bits per heavy atom. The summed E-state index contributed by atoms with van der Waals surface area (Å²) in [6.45, 7) is -0.356. The van der Waals surface area contributed by atoms with E-state index in [9.17, 15) is 22.0 Å². The van der Waals surface area contributed by atoms with E-state index < -0.39 is 16.6 Å². The zero-order valence-corrected chi connectivity index (χ0v) is 17.6. The lowest BCUT2D eigenvalue weighted by molar-refractivity contribution is -0.0498. The van der Waals surface area contributed by atoms with Gasteiger partial charge in [-0.2, -0.15) is 13.1 Å². The fourth-order valence-corrected chi connectivity index (χ4v) is 5.35. The maximum absolute atomic E-state index is 13.1. The van der Waals surface area contributed by atoms with Gasteiger partial charge in [0.2, 0.25) is 15.8 Å². The van der Waals surface area contributed by atoms with Crippen molar-refractivity contribution >= 4 is 22.0 Å². The van der Waals surface area contributed by atoms with Crippen molar-refractivity contribution in [2.24, 2.45) is 0 Å². The number of alkyl halides is 2. The van der Waals surface area contributed by atoms with Gasteiger partial charge in [0, 0.05) is 32.2 Å². The lowest BCUT2D eigenvalue weighted by Crippen LogP contribution is -2.50. The molecule has 1 amide bonds. The van der Waals surface area contributed by atoms with Crippen LogP contribution in [0.5, 0.6) is 5.75 Å². The minimum absolute atomic E-state index is 0.0520. The standard InChI is InChI=1S/C20H21F2N3O5S/c1-13-10-18(30-23-13)19(26)24-6-8-25(9-7-24)31(27,28)17-5-3-14-11-16(29-20(21)22)4-2-15(14)12-17/h2,4,10-12,20H,3,5-9H2,1H3. The molecule has 1 aromatic heterocycles. The number of amides is 1. The summed E-state index contributed by atoms with van der Waals surface area (Å²) in [6.07, 6.45) is 2.25. The molecule has 4 rings (SSSR count). The van der Waals surface area contributed by atoms with Crippen molar-refractivity contribution in [3.63, 3.8) is 0 Å². The largest absolute Gasteiger partial charge is 0.435 e. The first-order valence-corrected chi connectivity index (χ1v) is 11.2. The van der Waals surface area contributed by atoms with Gasteiger partial charge in [-0.25, -0.2) is 8.42 Å². The highest BCUT2D eigenvalue weighted by Gasteiger charge is 2.33. The van der Waals surface area contributed by atoms with E-state index in [1.165, 1.54) is 16.4 Å². The van der Waals surface area contributed by atoms with E-state index in [-0.39, 0.29) is 54.9 Å². The number of halogens is 2. The molecule has 166 valence electrons. The molecule has 0 unspecified atom stereocenters. The van der Waals surface area contributed by atoms with E-state index in [0.717, 1.165) is 5.56 Å². The van der Waals surface area contributed by atoms with Crippen LogP contribution in [-0.4, -0.2) is 61.5 Å². The first-order valence-electron chi connectivity index (χ1n) is 9.75. The van der Waals surface area contributed by atoms with E-state index in [1.807, 2.05) is 0 Å². The summed E-state index contributed by atoms with van der Waals surface area (Å²) >= 11 is 0. The summed E-state index contributed by atoms with van der Waals surface area (Å²) in [7, 11) is -3.70. The van der Waals surface area contributed by atoms with Crippen LogP contribution in [0.1, 0.15) is 33.8 Å². The zero-order chi connectivity index (χ0) is 22.2. The van der Waals surface area contributed by atoms with E-state index in [4.69, 9.17) is 4.52 Å². The van der Waals surface area contributed by atoms with Crippen LogP contribution in [0.3, 0.4) is 0 Å². The van der Waals surface area contributed by atoms with Crippen LogP contribution >= 0.6 is 0 Å². The summed E-state index contributed by atoms with van der Waals surface area (Å²) in [5.74, 6) is -0.128. The average molecular weight is 453 g/mol. The van der Waals surface area contributed by atoms with Crippen LogP contribution in [0.25, 0.3) is 6.08 Å². The zero-order valence-electron chi connectivity index (χ0n) is 16.8. The van der Waals surface area contributed by atoms with Crippen molar-refractivity contribution in [3.8, 4) is 5.75 Å². The lowest BCUT2D eigenvalue weighted by Gasteiger charge is -2.34. The molecular weight excluding hydrogens is 432 g/mol.